The lowest BCUT2D eigenvalue weighted by molar-refractivity contribution is 0.379. The Bertz CT molecular complexity index is 1300. The molecule has 0 bridgehead atoms. The van der Waals surface area contributed by atoms with Gasteiger partial charge in [-0.1, -0.05) is 23.2 Å². The summed E-state index contributed by atoms with van der Waals surface area (Å²) in [6.07, 6.45) is 12.0. The fourth-order valence-corrected chi connectivity index (χ4v) is 5.59. The van der Waals surface area contributed by atoms with Gasteiger partial charge in [0.25, 0.3) is 0 Å². The monoisotopic (exact) mass is 560 g/mol. The lowest BCUT2D eigenvalue weighted by atomic mass is 9.88. The van der Waals surface area contributed by atoms with E-state index >= 15 is 0 Å². The molecule has 2 aliphatic rings. The second-order valence-corrected chi connectivity index (χ2v) is 10.3. The Labute approximate surface area is 224 Å². The minimum atomic E-state index is 0.610. The van der Waals surface area contributed by atoms with Crippen LogP contribution in [0.2, 0.25) is 5.02 Å². The summed E-state index contributed by atoms with van der Waals surface area (Å²) in [5.41, 5.74) is 8.64. The molecule has 182 valence electrons. The van der Waals surface area contributed by atoms with E-state index in [-0.39, 0.29) is 0 Å². The number of pyridine rings is 2. The van der Waals surface area contributed by atoms with Crippen LogP contribution < -0.4 is 5.32 Å². The standard InChI is InChI=1S/C28H26BrClN6/c29-23-15-22-2-1-21-16-24(30)3-4-25(21)26(27(22)34-17-23)20-8-13-36(14-9-20)28(35-18-31)33-12-7-19-5-10-32-11-6-19/h3-6,10-11,15-17H,1-2,7-9,12-14H2,(H,33,35). The van der Waals surface area contributed by atoms with Gasteiger partial charge in [0.2, 0.25) is 5.96 Å². The molecule has 1 aliphatic heterocycles. The molecule has 0 spiro atoms. The number of aliphatic imine (C=N–C) groups is 1. The smallest absolute Gasteiger partial charge is 0.207 e. The number of aryl methyl sites for hydroxylation is 2. The molecule has 5 rings (SSSR count). The first-order chi connectivity index (χ1) is 17.6. The summed E-state index contributed by atoms with van der Waals surface area (Å²) in [6.45, 7) is 2.19. The van der Waals surface area contributed by atoms with Crippen molar-refractivity contribution >= 4 is 39.1 Å². The molecule has 0 atom stereocenters. The van der Waals surface area contributed by atoms with E-state index in [1.165, 1.54) is 33.4 Å². The minimum absolute atomic E-state index is 0.610. The van der Waals surface area contributed by atoms with Crippen LogP contribution in [0.4, 0.5) is 0 Å². The number of nitrogens with zero attached hydrogens (tertiary/aromatic N) is 5. The molecular weight excluding hydrogens is 536 g/mol. The van der Waals surface area contributed by atoms with Crippen LogP contribution in [0.1, 0.15) is 40.8 Å². The molecule has 1 saturated heterocycles. The fourth-order valence-electron chi connectivity index (χ4n) is 5.01. The summed E-state index contributed by atoms with van der Waals surface area (Å²) in [6, 6.07) is 12.4. The van der Waals surface area contributed by atoms with Crippen LogP contribution in [0, 0.1) is 11.5 Å². The number of halogens is 2. The van der Waals surface area contributed by atoms with Crippen LogP contribution >= 0.6 is 27.5 Å². The van der Waals surface area contributed by atoms with Crippen molar-refractivity contribution in [1.82, 2.24) is 20.2 Å². The Hall–Kier alpha value is -3.21. The van der Waals surface area contributed by atoms with Crippen LogP contribution in [0.3, 0.4) is 0 Å². The Morgan fingerprint density at radius 1 is 1.08 bits per heavy atom. The van der Waals surface area contributed by atoms with Crippen molar-refractivity contribution in [3.8, 4) is 6.19 Å². The van der Waals surface area contributed by atoms with E-state index in [0.29, 0.717) is 12.5 Å². The first-order valence-electron chi connectivity index (χ1n) is 12.1. The van der Waals surface area contributed by atoms with Gasteiger partial charge in [0.1, 0.15) is 0 Å². The van der Waals surface area contributed by atoms with Crippen molar-refractivity contribution in [2.24, 2.45) is 4.99 Å². The highest BCUT2D eigenvalue weighted by Crippen LogP contribution is 2.39. The zero-order valence-corrected chi connectivity index (χ0v) is 22.2. The Kier molecular flexibility index (Phi) is 7.64. The van der Waals surface area contributed by atoms with E-state index in [0.717, 1.165) is 60.4 Å². The highest BCUT2D eigenvalue weighted by Gasteiger charge is 2.26. The summed E-state index contributed by atoms with van der Waals surface area (Å²) < 4.78 is 1.000. The third kappa shape index (κ3) is 5.45. The lowest BCUT2D eigenvalue weighted by Crippen LogP contribution is -2.43. The minimum Gasteiger partial charge on any atom is -0.342 e. The molecule has 3 heterocycles. The van der Waals surface area contributed by atoms with Crippen LogP contribution in [0.5, 0.6) is 0 Å². The van der Waals surface area contributed by atoms with Crippen molar-refractivity contribution in [3.05, 3.63) is 98.0 Å². The predicted octanol–water partition coefficient (Wildman–Crippen LogP) is 5.56. The van der Waals surface area contributed by atoms with E-state index in [4.69, 9.17) is 21.6 Å². The Balaban J connectivity index is 1.41. The van der Waals surface area contributed by atoms with Gasteiger partial charge in [-0.15, -0.1) is 0 Å². The fraction of sp³-hybridized carbons (Fsp3) is 0.286. The highest BCUT2D eigenvalue weighted by molar-refractivity contribution is 9.10. The van der Waals surface area contributed by atoms with E-state index in [1.54, 1.807) is 12.4 Å². The number of hydrogen-bond acceptors (Lipinski definition) is 4. The molecule has 1 fully saturated rings. The van der Waals surface area contributed by atoms with Gasteiger partial charge in [-0.05, 0) is 101 Å². The molecule has 0 radical (unpaired) electrons. The van der Waals surface area contributed by atoms with Gasteiger partial charge in [0, 0.05) is 53.3 Å². The number of nitriles is 1. The second-order valence-electron chi connectivity index (χ2n) is 8.98. The lowest BCUT2D eigenvalue weighted by Gasteiger charge is -2.32. The van der Waals surface area contributed by atoms with Crippen molar-refractivity contribution in [2.45, 2.75) is 32.1 Å². The molecule has 0 unspecified atom stereocenters. The molecule has 0 amide bonds. The molecule has 1 aliphatic carbocycles. The molecule has 0 saturated carbocycles. The zero-order valence-electron chi connectivity index (χ0n) is 19.8. The average molecular weight is 562 g/mol. The van der Waals surface area contributed by atoms with Gasteiger partial charge in [-0.3, -0.25) is 20.3 Å². The summed E-state index contributed by atoms with van der Waals surface area (Å²) in [7, 11) is 0. The number of aromatic nitrogens is 2. The van der Waals surface area contributed by atoms with E-state index in [9.17, 15) is 5.26 Å². The molecule has 8 heteroatoms. The number of guanidine groups is 1. The largest absolute Gasteiger partial charge is 0.342 e. The van der Waals surface area contributed by atoms with E-state index in [2.05, 4.69) is 55.5 Å². The molecule has 1 aromatic carbocycles. The molecule has 2 aromatic heterocycles. The van der Waals surface area contributed by atoms with E-state index < -0.39 is 0 Å². The first-order valence-corrected chi connectivity index (χ1v) is 13.3. The topological polar surface area (TPSA) is 77.2 Å². The van der Waals surface area contributed by atoms with E-state index in [1.807, 2.05) is 24.4 Å². The maximum atomic E-state index is 9.32. The maximum Gasteiger partial charge on any atom is 0.207 e. The SMILES string of the molecule is N#CNC(=NCCc1ccncc1)N1CCC(=C2c3ccc(Cl)cc3CCc3cc(Br)cnc32)CC1. The maximum absolute atomic E-state index is 9.32. The van der Waals surface area contributed by atoms with Crippen molar-refractivity contribution in [3.63, 3.8) is 0 Å². The van der Waals surface area contributed by atoms with Crippen LogP contribution in [-0.4, -0.2) is 40.5 Å². The zero-order chi connectivity index (χ0) is 24.9. The predicted molar refractivity (Wildman–Crippen MR) is 147 cm³/mol. The Morgan fingerprint density at radius 2 is 1.86 bits per heavy atom. The van der Waals surface area contributed by atoms with Gasteiger partial charge in [-0.2, -0.15) is 5.26 Å². The van der Waals surface area contributed by atoms with Crippen LogP contribution in [-0.2, 0) is 19.3 Å². The van der Waals surface area contributed by atoms with Gasteiger partial charge in [-0.25, -0.2) is 0 Å². The quantitative estimate of drug-likeness (QED) is 0.196. The molecular formula is C28H26BrClN6. The van der Waals surface area contributed by atoms with Crippen LogP contribution in [0.15, 0.2) is 70.0 Å². The highest BCUT2D eigenvalue weighted by atomic mass is 79.9. The second kappa shape index (κ2) is 11.2. The summed E-state index contributed by atoms with van der Waals surface area (Å²) >= 11 is 9.97. The summed E-state index contributed by atoms with van der Waals surface area (Å²) in [5.74, 6) is 0.645. The van der Waals surface area contributed by atoms with Gasteiger partial charge >= 0.3 is 0 Å². The van der Waals surface area contributed by atoms with Crippen molar-refractivity contribution in [2.75, 3.05) is 19.6 Å². The number of nitrogens with one attached hydrogen (secondary N) is 1. The number of rotatable bonds is 3. The molecule has 3 aromatic rings. The van der Waals surface area contributed by atoms with Crippen LogP contribution in [0.25, 0.3) is 5.57 Å². The molecule has 36 heavy (non-hydrogen) atoms. The number of fused-ring (bicyclic) bond motifs is 2. The van der Waals surface area contributed by atoms with Gasteiger partial charge in [0.05, 0.1) is 5.69 Å². The third-order valence-corrected chi connectivity index (χ3v) is 7.44. The average Bonchev–Trinajstić information content (AvgIpc) is 3.05. The van der Waals surface area contributed by atoms with Crippen molar-refractivity contribution < 1.29 is 0 Å². The number of piperidine rings is 1. The van der Waals surface area contributed by atoms with Crippen molar-refractivity contribution in [1.29, 1.82) is 5.26 Å². The number of likely N-dealkylation sites (tertiary alicyclic amines) is 1. The normalized spacial score (nSPS) is 15.6. The third-order valence-electron chi connectivity index (χ3n) is 6.77. The van der Waals surface area contributed by atoms with Gasteiger partial charge < -0.3 is 4.90 Å². The first kappa shape index (κ1) is 24.5. The molecule has 1 N–H and O–H groups in total. The summed E-state index contributed by atoms with van der Waals surface area (Å²) in [4.78, 5) is 15.8. The Morgan fingerprint density at radius 3 is 2.64 bits per heavy atom. The number of hydrogen-bond donors (Lipinski definition) is 1. The van der Waals surface area contributed by atoms with Gasteiger partial charge in [0.15, 0.2) is 6.19 Å². The number of benzene rings is 1. The summed E-state index contributed by atoms with van der Waals surface area (Å²) in [5, 5.41) is 12.9. The molecule has 6 nitrogen and oxygen atoms in total.